The highest BCUT2D eigenvalue weighted by Gasteiger charge is 2.22. The van der Waals surface area contributed by atoms with E-state index in [4.69, 9.17) is 4.98 Å². The van der Waals surface area contributed by atoms with Gasteiger partial charge in [0.25, 0.3) is 11.1 Å². The maximum absolute atomic E-state index is 13.3. The second-order valence-corrected chi connectivity index (χ2v) is 9.83. The summed E-state index contributed by atoms with van der Waals surface area (Å²) in [6.45, 7) is 6.16. The van der Waals surface area contributed by atoms with Crippen molar-refractivity contribution >= 4 is 39.0 Å². The molecule has 1 aliphatic carbocycles. The van der Waals surface area contributed by atoms with Crippen LogP contribution in [0.15, 0.2) is 51.8 Å². The van der Waals surface area contributed by atoms with E-state index in [9.17, 15) is 9.59 Å². The molecule has 0 saturated heterocycles. The van der Waals surface area contributed by atoms with Gasteiger partial charge in [0.1, 0.15) is 10.5 Å². The fraction of sp³-hybridized carbons (Fsp3) is 0.304. The van der Waals surface area contributed by atoms with E-state index < -0.39 is 0 Å². The van der Waals surface area contributed by atoms with Crippen molar-refractivity contribution in [3.8, 4) is 0 Å². The molecule has 31 heavy (non-hydrogen) atoms. The Hall–Kier alpha value is -2.71. The van der Waals surface area contributed by atoms with E-state index in [-0.39, 0.29) is 11.1 Å². The molecule has 158 valence electrons. The number of thiophene rings is 1. The van der Waals surface area contributed by atoms with Crippen LogP contribution >= 0.6 is 23.1 Å². The summed E-state index contributed by atoms with van der Waals surface area (Å²) in [7, 11) is 0. The van der Waals surface area contributed by atoms with Gasteiger partial charge in [0, 0.05) is 29.4 Å². The molecule has 0 unspecified atom stereocenters. The molecule has 0 atom stereocenters. The Kier molecular flexibility index (Phi) is 5.27. The minimum atomic E-state index is -0.109. The summed E-state index contributed by atoms with van der Waals surface area (Å²) in [5.41, 5.74) is 3.38. The average Bonchev–Trinajstić information content (AvgIpc) is 3.13. The molecule has 0 bridgehead atoms. The Balaban J connectivity index is 1.54. The summed E-state index contributed by atoms with van der Waals surface area (Å²) < 4.78 is 3.25. The van der Waals surface area contributed by atoms with Gasteiger partial charge in [-0.05, 0) is 49.8 Å². The third-order valence-electron chi connectivity index (χ3n) is 5.56. The zero-order valence-corrected chi connectivity index (χ0v) is 18.9. The second-order valence-electron chi connectivity index (χ2n) is 7.80. The van der Waals surface area contributed by atoms with E-state index in [1.54, 1.807) is 38.6 Å². The van der Waals surface area contributed by atoms with Gasteiger partial charge < -0.3 is 0 Å². The monoisotopic (exact) mass is 450 g/mol. The van der Waals surface area contributed by atoms with Gasteiger partial charge in [-0.15, -0.1) is 17.9 Å². The second kappa shape index (κ2) is 8.09. The molecule has 6 nitrogen and oxygen atoms in total. The van der Waals surface area contributed by atoms with Crippen molar-refractivity contribution in [2.75, 3.05) is 0 Å². The van der Waals surface area contributed by atoms with E-state index in [1.807, 2.05) is 19.1 Å². The number of hydrogen-bond donors (Lipinski definition) is 0. The van der Waals surface area contributed by atoms with Gasteiger partial charge in [-0.25, -0.2) is 9.97 Å². The van der Waals surface area contributed by atoms with Gasteiger partial charge in [-0.1, -0.05) is 23.9 Å². The topological polar surface area (TPSA) is 69.3 Å². The van der Waals surface area contributed by atoms with Crippen LogP contribution < -0.4 is 11.1 Å². The maximum Gasteiger partial charge on any atom is 0.263 e. The van der Waals surface area contributed by atoms with E-state index in [1.165, 1.54) is 28.6 Å². The SMILES string of the molecule is C=CCn1c(SCc2cc(=O)n3cc(C)ccc3n2)nc2sc3c(c2c1=O)CCCC3. The van der Waals surface area contributed by atoms with Gasteiger partial charge in [-0.2, -0.15) is 0 Å². The molecule has 5 rings (SSSR count). The van der Waals surface area contributed by atoms with Crippen LogP contribution in [0.5, 0.6) is 0 Å². The number of aryl methyl sites for hydroxylation is 3. The number of hydrogen-bond acceptors (Lipinski definition) is 6. The Morgan fingerprint density at radius 2 is 2.06 bits per heavy atom. The van der Waals surface area contributed by atoms with Crippen LogP contribution in [0.2, 0.25) is 0 Å². The van der Waals surface area contributed by atoms with E-state index >= 15 is 0 Å². The van der Waals surface area contributed by atoms with Crippen LogP contribution in [0.1, 0.15) is 34.5 Å². The minimum absolute atomic E-state index is 0.00816. The number of fused-ring (bicyclic) bond motifs is 4. The summed E-state index contributed by atoms with van der Waals surface area (Å²) in [6.07, 6.45) is 7.80. The van der Waals surface area contributed by atoms with Crippen LogP contribution in [0.25, 0.3) is 15.9 Å². The molecular formula is C23H22N4O2S2. The van der Waals surface area contributed by atoms with Crippen LogP contribution in [-0.4, -0.2) is 18.9 Å². The molecule has 0 radical (unpaired) electrons. The predicted molar refractivity (Wildman–Crippen MR) is 126 cm³/mol. The quantitative estimate of drug-likeness (QED) is 0.260. The van der Waals surface area contributed by atoms with Crippen molar-refractivity contribution in [1.29, 1.82) is 0 Å². The highest BCUT2D eigenvalue weighted by molar-refractivity contribution is 7.98. The molecule has 0 aliphatic heterocycles. The Labute approximate surface area is 187 Å². The Morgan fingerprint density at radius 1 is 1.23 bits per heavy atom. The van der Waals surface area contributed by atoms with Crippen molar-refractivity contribution in [3.05, 3.63) is 79.5 Å². The number of allylic oxidation sites excluding steroid dienone is 1. The van der Waals surface area contributed by atoms with Gasteiger partial charge in [0.15, 0.2) is 5.16 Å². The smallest absolute Gasteiger partial charge is 0.263 e. The summed E-state index contributed by atoms with van der Waals surface area (Å²) in [6, 6.07) is 5.34. The summed E-state index contributed by atoms with van der Waals surface area (Å²) in [5, 5.41) is 1.42. The fourth-order valence-corrected chi connectivity index (χ4v) is 6.29. The molecule has 4 aromatic heterocycles. The molecule has 4 aromatic rings. The van der Waals surface area contributed by atoms with Crippen LogP contribution in [0.4, 0.5) is 0 Å². The molecule has 0 saturated carbocycles. The lowest BCUT2D eigenvalue weighted by Crippen LogP contribution is -2.23. The first kappa shape index (κ1) is 20.2. The molecule has 0 N–H and O–H groups in total. The normalized spacial score (nSPS) is 13.6. The van der Waals surface area contributed by atoms with Gasteiger partial charge >= 0.3 is 0 Å². The lowest BCUT2D eigenvalue weighted by molar-refractivity contribution is 0.668. The highest BCUT2D eigenvalue weighted by atomic mass is 32.2. The summed E-state index contributed by atoms with van der Waals surface area (Å²) >= 11 is 3.09. The first-order chi connectivity index (χ1) is 15.0. The van der Waals surface area contributed by atoms with Crippen molar-refractivity contribution < 1.29 is 0 Å². The largest absolute Gasteiger partial charge is 0.283 e. The molecule has 1 aliphatic rings. The molecule has 0 spiro atoms. The van der Waals surface area contributed by atoms with Gasteiger partial charge in [0.05, 0.1) is 11.1 Å². The molecule has 0 amide bonds. The van der Waals surface area contributed by atoms with E-state index in [2.05, 4.69) is 11.6 Å². The zero-order valence-electron chi connectivity index (χ0n) is 17.3. The molecular weight excluding hydrogens is 428 g/mol. The van der Waals surface area contributed by atoms with Crippen LogP contribution in [0.3, 0.4) is 0 Å². The number of pyridine rings is 1. The number of aromatic nitrogens is 4. The van der Waals surface area contributed by atoms with Crippen molar-refractivity contribution in [1.82, 2.24) is 18.9 Å². The Morgan fingerprint density at radius 3 is 2.90 bits per heavy atom. The zero-order chi connectivity index (χ0) is 21.5. The summed E-state index contributed by atoms with van der Waals surface area (Å²) in [5.74, 6) is 0.458. The maximum atomic E-state index is 13.3. The first-order valence-electron chi connectivity index (χ1n) is 10.3. The molecule has 0 fully saturated rings. The highest BCUT2D eigenvalue weighted by Crippen LogP contribution is 2.35. The summed E-state index contributed by atoms with van der Waals surface area (Å²) in [4.78, 5) is 37.4. The molecule has 8 heteroatoms. The number of rotatable bonds is 5. The third kappa shape index (κ3) is 3.64. The lowest BCUT2D eigenvalue weighted by Gasteiger charge is -2.12. The predicted octanol–water partition coefficient (Wildman–Crippen LogP) is 4.13. The van der Waals surface area contributed by atoms with Crippen molar-refractivity contribution in [2.24, 2.45) is 0 Å². The minimum Gasteiger partial charge on any atom is -0.283 e. The lowest BCUT2D eigenvalue weighted by atomic mass is 9.97. The van der Waals surface area contributed by atoms with Gasteiger partial charge in [0.2, 0.25) is 0 Å². The van der Waals surface area contributed by atoms with Gasteiger partial charge in [-0.3, -0.25) is 18.6 Å². The van der Waals surface area contributed by atoms with Crippen LogP contribution in [0, 0.1) is 6.92 Å². The van der Waals surface area contributed by atoms with Crippen molar-refractivity contribution in [3.63, 3.8) is 0 Å². The Bertz CT molecular complexity index is 1450. The fourth-order valence-electron chi connectivity index (χ4n) is 4.09. The van der Waals surface area contributed by atoms with E-state index in [0.29, 0.717) is 28.8 Å². The van der Waals surface area contributed by atoms with E-state index in [0.717, 1.165) is 35.0 Å². The first-order valence-corrected chi connectivity index (χ1v) is 12.1. The average molecular weight is 451 g/mol. The van der Waals surface area contributed by atoms with Crippen molar-refractivity contribution in [2.45, 2.75) is 50.1 Å². The third-order valence-corrected chi connectivity index (χ3v) is 7.76. The molecule has 0 aromatic carbocycles. The standard InChI is InChI=1S/C23H22N4O2S2/c1-3-10-26-22(29)20-16-6-4-5-7-17(16)31-21(20)25-23(26)30-13-15-11-19(28)27-12-14(2)8-9-18(27)24-15/h3,8-9,11-12H,1,4-7,10,13H2,2H3. The number of thioether (sulfide) groups is 1. The van der Waals surface area contributed by atoms with Crippen LogP contribution in [-0.2, 0) is 25.1 Å². The molecule has 4 heterocycles. The number of nitrogens with zero attached hydrogens (tertiary/aromatic N) is 4.